The number of ether oxygens (including phenoxy) is 1. The summed E-state index contributed by atoms with van der Waals surface area (Å²) in [6.45, 7) is 4.75. The van der Waals surface area contributed by atoms with Gasteiger partial charge in [-0.25, -0.2) is 0 Å². The highest BCUT2D eigenvalue weighted by Gasteiger charge is 2.06. The van der Waals surface area contributed by atoms with Crippen molar-refractivity contribution in [2.75, 3.05) is 12.4 Å². The van der Waals surface area contributed by atoms with Gasteiger partial charge in [-0.1, -0.05) is 15.9 Å². The van der Waals surface area contributed by atoms with Gasteiger partial charge >= 0.3 is 0 Å². The molecule has 0 fully saturated rings. The first-order valence-electron chi connectivity index (χ1n) is 6.62. The molecule has 3 nitrogen and oxygen atoms in total. The second kappa shape index (κ2) is 6.64. The molecule has 1 N–H and O–H groups in total. The van der Waals surface area contributed by atoms with Gasteiger partial charge in [-0.05, 0) is 55.3 Å². The molecule has 0 aliphatic heterocycles. The van der Waals surface area contributed by atoms with Crippen molar-refractivity contribution in [3.63, 3.8) is 0 Å². The Morgan fingerprint density at radius 3 is 2.43 bits per heavy atom. The molecule has 0 aromatic heterocycles. The smallest absolute Gasteiger partial charge is 0.123 e. The SMILES string of the molecule is COc1ccc(C#N)cc1CNc1cc(C)c(Br)c(C)c1. The van der Waals surface area contributed by atoms with Gasteiger partial charge in [0.25, 0.3) is 0 Å². The first kappa shape index (κ1) is 15.4. The standard InChI is InChI=1S/C17H17BrN2O/c1-11-6-15(7-12(2)17(11)18)20-10-14-8-13(9-19)4-5-16(14)21-3/h4-8,20H,10H2,1-3H3. The number of rotatable bonds is 4. The average Bonchev–Trinajstić information content (AvgIpc) is 2.50. The van der Waals surface area contributed by atoms with E-state index in [0.717, 1.165) is 21.5 Å². The van der Waals surface area contributed by atoms with E-state index < -0.39 is 0 Å². The lowest BCUT2D eigenvalue weighted by molar-refractivity contribution is 0.410. The van der Waals surface area contributed by atoms with Crippen LogP contribution in [0.3, 0.4) is 0 Å². The van der Waals surface area contributed by atoms with Crippen LogP contribution in [0.2, 0.25) is 0 Å². The van der Waals surface area contributed by atoms with Gasteiger partial charge in [0.15, 0.2) is 0 Å². The van der Waals surface area contributed by atoms with Gasteiger partial charge in [0.2, 0.25) is 0 Å². The van der Waals surface area contributed by atoms with E-state index >= 15 is 0 Å². The summed E-state index contributed by atoms with van der Waals surface area (Å²) in [5, 5.41) is 12.4. The van der Waals surface area contributed by atoms with Crippen LogP contribution in [0.1, 0.15) is 22.3 Å². The van der Waals surface area contributed by atoms with E-state index in [1.807, 2.05) is 12.1 Å². The molecule has 2 aromatic rings. The third-order valence-corrected chi connectivity index (χ3v) is 4.58. The molecule has 0 unspecified atom stereocenters. The molecule has 0 amide bonds. The number of nitrogens with one attached hydrogen (secondary N) is 1. The Hall–Kier alpha value is -1.99. The molecule has 21 heavy (non-hydrogen) atoms. The lowest BCUT2D eigenvalue weighted by Gasteiger charge is -2.13. The Balaban J connectivity index is 2.22. The molecule has 0 bridgehead atoms. The molecule has 4 heteroatoms. The van der Waals surface area contributed by atoms with Crippen molar-refractivity contribution in [1.29, 1.82) is 5.26 Å². The maximum Gasteiger partial charge on any atom is 0.123 e. The number of anilines is 1. The minimum absolute atomic E-state index is 0.610. The van der Waals surface area contributed by atoms with Gasteiger partial charge in [-0.15, -0.1) is 0 Å². The molecule has 0 heterocycles. The molecule has 0 saturated heterocycles. The number of aryl methyl sites for hydroxylation is 2. The summed E-state index contributed by atoms with van der Waals surface area (Å²) < 4.78 is 6.48. The number of benzene rings is 2. The Morgan fingerprint density at radius 2 is 1.86 bits per heavy atom. The van der Waals surface area contributed by atoms with E-state index in [-0.39, 0.29) is 0 Å². The lowest BCUT2D eigenvalue weighted by atomic mass is 10.1. The summed E-state index contributed by atoms with van der Waals surface area (Å²) in [5.74, 6) is 0.784. The van der Waals surface area contributed by atoms with Crippen LogP contribution in [0.4, 0.5) is 5.69 Å². The van der Waals surface area contributed by atoms with E-state index in [0.29, 0.717) is 12.1 Å². The Labute approximate surface area is 133 Å². The second-order valence-corrected chi connectivity index (χ2v) is 5.71. The number of methoxy groups -OCH3 is 1. The van der Waals surface area contributed by atoms with Gasteiger partial charge in [0.05, 0.1) is 18.7 Å². The van der Waals surface area contributed by atoms with Gasteiger partial charge < -0.3 is 10.1 Å². The molecule has 0 atom stereocenters. The van der Waals surface area contributed by atoms with E-state index in [2.05, 4.69) is 53.3 Å². The Bertz CT molecular complexity index is 681. The van der Waals surface area contributed by atoms with Crippen LogP contribution in [0.5, 0.6) is 5.75 Å². The molecule has 0 aliphatic rings. The van der Waals surface area contributed by atoms with Crippen LogP contribution in [-0.2, 0) is 6.54 Å². The molecule has 0 saturated carbocycles. The summed E-state index contributed by atoms with van der Waals surface area (Å²) in [6.07, 6.45) is 0. The number of halogens is 1. The third kappa shape index (κ3) is 3.56. The predicted octanol–water partition coefficient (Wildman–Crippen LogP) is 4.56. The summed E-state index contributed by atoms with van der Waals surface area (Å²) in [4.78, 5) is 0. The van der Waals surface area contributed by atoms with Crippen LogP contribution in [0, 0.1) is 25.2 Å². The predicted molar refractivity (Wildman–Crippen MR) is 88.7 cm³/mol. The highest BCUT2D eigenvalue weighted by atomic mass is 79.9. The van der Waals surface area contributed by atoms with Crippen molar-refractivity contribution >= 4 is 21.6 Å². The monoisotopic (exact) mass is 344 g/mol. The summed E-state index contributed by atoms with van der Waals surface area (Å²) in [7, 11) is 1.64. The second-order valence-electron chi connectivity index (χ2n) is 4.92. The Morgan fingerprint density at radius 1 is 1.19 bits per heavy atom. The van der Waals surface area contributed by atoms with Gasteiger partial charge in [0, 0.05) is 22.3 Å². The van der Waals surface area contributed by atoms with E-state index in [1.165, 1.54) is 11.1 Å². The van der Waals surface area contributed by atoms with Crippen molar-refractivity contribution in [1.82, 2.24) is 0 Å². The van der Waals surface area contributed by atoms with E-state index in [4.69, 9.17) is 10.00 Å². The summed E-state index contributed by atoms with van der Waals surface area (Å²) in [5.41, 5.74) is 5.04. The van der Waals surface area contributed by atoms with Crippen LogP contribution in [0.15, 0.2) is 34.8 Å². The maximum absolute atomic E-state index is 9.00. The fourth-order valence-corrected chi connectivity index (χ4v) is 2.46. The number of hydrogen-bond acceptors (Lipinski definition) is 3. The molecule has 108 valence electrons. The summed E-state index contributed by atoms with van der Waals surface area (Å²) >= 11 is 3.57. The molecule has 0 radical (unpaired) electrons. The van der Waals surface area contributed by atoms with E-state index in [1.54, 1.807) is 13.2 Å². The average molecular weight is 345 g/mol. The van der Waals surface area contributed by atoms with Crippen molar-refractivity contribution < 1.29 is 4.74 Å². The van der Waals surface area contributed by atoms with Gasteiger partial charge in [-0.2, -0.15) is 5.26 Å². The minimum atomic E-state index is 0.610. The van der Waals surface area contributed by atoms with Crippen molar-refractivity contribution in [3.8, 4) is 11.8 Å². The third-order valence-electron chi connectivity index (χ3n) is 3.33. The zero-order valence-corrected chi connectivity index (χ0v) is 13.9. The van der Waals surface area contributed by atoms with Crippen molar-refractivity contribution in [2.45, 2.75) is 20.4 Å². The zero-order chi connectivity index (χ0) is 15.4. The minimum Gasteiger partial charge on any atom is -0.496 e. The fraction of sp³-hybridized carbons (Fsp3) is 0.235. The van der Waals surface area contributed by atoms with Crippen molar-refractivity contribution in [2.24, 2.45) is 0 Å². The molecule has 0 aliphatic carbocycles. The van der Waals surface area contributed by atoms with Crippen LogP contribution in [0.25, 0.3) is 0 Å². The van der Waals surface area contributed by atoms with Crippen molar-refractivity contribution in [3.05, 3.63) is 57.1 Å². The van der Waals surface area contributed by atoms with Crippen LogP contribution in [-0.4, -0.2) is 7.11 Å². The van der Waals surface area contributed by atoms with Crippen LogP contribution < -0.4 is 10.1 Å². The molecular weight excluding hydrogens is 328 g/mol. The maximum atomic E-state index is 9.00. The highest BCUT2D eigenvalue weighted by molar-refractivity contribution is 9.10. The number of nitriles is 1. The number of nitrogens with zero attached hydrogens (tertiary/aromatic N) is 1. The first-order valence-corrected chi connectivity index (χ1v) is 7.42. The number of hydrogen-bond donors (Lipinski definition) is 1. The van der Waals surface area contributed by atoms with Crippen LogP contribution >= 0.6 is 15.9 Å². The topological polar surface area (TPSA) is 45.0 Å². The molecule has 2 rings (SSSR count). The Kier molecular flexibility index (Phi) is 4.87. The fourth-order valence-electron chi connectivity index (χ4n) is 2.23. The lowest BCUT2D eigenvalue weighted by Crippen LogP contribution is -2.03. The summed E-state index contributed by atoms with van der Waals surface area (Å²) in [6, 6.07) is 11.8. The van der Waals surface area contributed by atoms with E-state index in [9.17, 15) is 0 Å². The van der Waals surface area contributed by atoms with Gasteiger partial charge in [-0.3, -0.25) is 0 Å². The van der Waals surface area contributed by atoms with Gasteiger partial charge in [0.1, 0.15) is 5.75 Å². The molecule has 2 aromatic carbocycles. The molecule has 0 spiro atoms. The first-order chi connectivity index (χ1) is 10.0. The highest BCUT2D eigenvalue weighted by Crippen LogP contribution is 2.26. The molecular formula is C17H17BrN2O. The normalized spacial score (nSPS) is 10.0. The zero-order valence-electron chi connectivity index (χ0n) is 12.3. The quantitative estimate of drug-likeness (QED) is 0.884. The largest absolute Gasteiger partial charge is 0.496 e.